The molecule has 1 aliphatic carbocycles. The standard InChI is InChI=1S/C18H26N2O2/c1-20(13-10-16-9-5-6-14-22-16)17(21)19-18(11-12-18)15-7-3-2-4-8-15/h2-4,7-8,16H,5-6,9-14H2,1H3,(H,19,21)/t16-/m1/s1. The summed E-state index contributed by atoms with van der Waals surface area (Å²) >= 11 is 0. The number of benzene rings is 1. The molecule has 4 heteroatoms. The molecule has 2 amide bonds. The fourth-order valence-corrected chi connectivity index (χ4v) is 3.14. The lowest BCUT2D eigenvalue weighted by Gasteiger charge is -2.27. The predicted octanol–water partition coefficient (Wildman–Crippen LogP) is 3.28. The Morgan fingerprint density at radius 1 is 1.32 bits per heavy atom. The highest BCUT2D eigenvalue weighted by Gasteiger charge is 2.45. The van der Waals surface area contributed by atoms with Crippen LogP contribution in [-0.2, 0) is 10.3 Å². The zero-order chi connectivity index (χ0) is 15.4. The molecule has 4 nitrogen and oxygen atoms in total. The van der Waals surface area contributed by atoms with Gasteiger partial charge in [0.2, 0.25) is 0 Å². The van der Waals surface area contributed by atoms with Crippen LogP contribution in [0.2, 0.25) is 0 Å². The second-order valence-corrected chi connectivity index (χ2v) is 6.58. The van der Waals surface area contributed by atoms with Gasteiger partial charge in [-0.25, -0.2) is 4.79 Å². The lowest BCUT2D eigenvalue weighted by atomic mass is 10.1. The van der Waals surface area contributed by atoms with E-state index in [1.165, 1.54) is 18.4 Å². The van der Waals surface area contributed by atoms with Crippen LogP contribution in [0.15, 0.2) is 30.3 Å². The number of hydrogen-bond acceptors (Lipinski definition) is 2. The van der Waals surface area contributed by atoms with Gasteiger partial charge >= 0.3 is 6.03 Å². The number of urea groups is 1. The number of carbonyl (C=O) groups is 1. The molecule has 0 aromatic heterocycles. The van der Waals surface area contributed by atoms with Crippen LogP contribution >= 0.6 is 0 Å². The minimum absolute atomic E-state index is 0.0252. The Kier molecular flexibility index (Phi) is 4.67. The van der Waals surface area contributed by atoms with Gasteiger partial charge in [-0.15, -0.1) is 0 Å². The molecular formula is C18H26N2O2. The molecule has 1 N–H and O–H groups in total. The third-order valence-corrected chi connectivity index (χ3v) is 4.83. The maximum absolute atomic E-state index is 12.4. The van der Waals surface area contributed by atoms with Crippen molar-refractivity contribution in [2.45, 2.75) is 50.2 Å². The van der Waals surface area contributed by atoms with Gasteiger partial charge in [-0.05, 0) is 44.1 Å². The van der Waals surface area contributed by atoms with E-state index in [9.17, 15) is 4.79 Å². The molecule has 120 valence electrons. The lowest BCUT2D eigenvalue weighted by Crippen LogP contribution is -2.44. The summed E-state index contributed by atoms with van der Waals surface area (Å²) in [4.78, 5) is 14.2. The second kappa shape index (κ2) is 6.69. The van der Waals surface area contributed by atoms with Gasteiger partial charge in [-0.1, -0.05) is 30.3 Å². The van der Waals surface area contributed by atoms with Gasteiger partial charge in [0, 0.05) is 20.2 Å². The zero-order valence-corrected chi connectivity index (χ0v) is 13.4. The Morgan fingerprint density at radius 2 is 2.09 bits per heavy atom. The minimum atomic E-state index is -0.131. The SMILES string of the molecule is CN(CC[C@H]1CCCCO1)C(=O)NC1(c2ccccc2)CC1. The molecule has 1 heterocycles. The molecular weight excluding hydrogens is 276 g/mol. The monoisotopic (exact) mass is 302 g/mol. The van der Waals surface area contributed by atoms with Crippen LogP contribution in [0.25, 0.3) is 0 Å². The highest BCUT2D eigenvalue weighted by atomic mass is 16.5. The number of amides is 2. The third-order valence-electron chi connectivity index (χ3n) is 4.83. The summed E-state index contributed by atoms with van der Waals surface area (Å²) in [6.07, 6.45) is 6.87. The van der Waals surface area contributed by atoms with Crippen molar-refractivity contribution in [1.82, 2.24) is 10.2 Å². The first-order chi connectivity index (χ1) is 10.7. The molecule has 1 saturated carbocycles. The summed E-state index contributed by atoms with van der Waals surface area (Å²) in [6.45, 7) is 1.62. The zero-order valence-electron chi connectivity index (χ0n) is 13.4. The van der Waals surface area contributed by atoms with E-state index < -0.39 is 0 Å². The highest BCUT2D eigenvalue weighted by Crippen LogP contribution is 2.45. The van der Waals surface area contributed by atoms with Crippen LogP contribution in [0.4, 0.5) is 4.79 Å². The number of rotatable bonds is 5. The van der Waals surface area contributed by atoms with E-state index in [0.717, 1.165) is 38.8 Å². The molecule has 0 radical (unpaired) electrons. The molecule has 1 atom stereocenters. The van der Waals surface area contributed by atoms with Gasteiger partial charge in [-0.3, -0.25) is 0 Å². The summed E-state index contributed by atoms with van der Waals surface area (Å²) in [5.74, 6) is 0. The van der Waals surface area contributed by atoms with E-state index in [-0.39, 0.29) is 11.6 Å². The summed E-state index contributed by atoms with van der Waals surface area (Å²) in [6, 6.07) is 10.3. The minimum Gasteiger partial charge on any atom is -0.378 e. The van der Waals surface area contributed by atoms with Crippen molar-refractivity contribution in [2.75, 3.05) is 20.2 Å². The molecule has 1 aromatic rings. The van der Waals surface area contributed by atoms with Crippen molar-refractivity contribution < 1.29 is 9.53 Å². The average molecular weight is 302 g/mol. The Labute approximate surface area is 132 Å². The molecule has 3 rings (SSSR count). The van der Waals surface area contributed by atoms with E-state index in [1.807, 2.05) is 25.2 Å². The van der Waals surface area contributed by atoms with Crippen LogP contribution in [0.3, 0.4) is 0 Å². The Hall–Kier alpha value is -1.55. The number of nitrogens with zero attached hydrogens (tertiary/aromatic N) is 1. The number of hydrogen-bond donors (Lipinski definition) is 1. The predicted molar refractivity (Wildman–Crippen MR) is 86.7 cm³/mol. The van der Waals surface area contributed by atoms with Crippen LogP contribution < -0.4 is 5.32 Å². The van der Waals surface area contributed by atoms with E-state index in [1.54, 1.807) is 4.90 Å². The first kappa shape index (κ1) is 15.3. The van der Waals surface area contributed by atoms with Crippen molar-refractivity contribution in [3.8, 4) is 0 Å². The van der Waals surface area contributed by atoms with E-state index in [0.29, 0.717) is 6.10 Å². The van der Waals surface area contributed by atoms with E-state index in [2.05, 4.69) is 17.4 Å². The second-order valence-electron chi connectivity index (χ2n) is 6.58. The number of ether oxygens (including phenoxy) is 1. The molecule has 2 aliphatic rings. The first-order valence-electron chi connectivity index (χ1n) is 8.40. The van der Waals surface area contributed by atoms with Crippen LogP contribution in [-0.4, -0.2) is 37.2 Å². The maximum atomic E-state index is 12.4. The molecule has 1 aliphatic heterocycles. The molecule has 1 aromatic carbocycles. The molecule has 0 spiro atoms. The van der Waals surface area contributed by atoms with Gasteiger partial charge in [-0.2, -0.15) is 0 Å². The fraction of sp³-hybridized carbons (Fsp3) is 0.611. The normalized spacial score (nSPS) is 22.9. The molecule has 1 saturated heterocycles. The lowest BCUT2D eigenvalue weighted by molar-refractivity contribution is 0.00822. The fourth-order valence-electron chi connectivity index (χ4n) is 3.14. The van der Waals surface area contributed by atoms with Gasteiger partial charge in [0.15, 0.2) is 0 Å². The highest BCUT2D eigenvalue weighted by molar-refractivity contribution is 5.75. The quantitative estimate of drug-likeness (QED) is 0.907. The number of nitrogens with one attached hydrogen (secondary N) is 1. The third kappa shape index (κ3) is 3.61. The van der Waals surface area contributed by atoms with E-state index >= 15 is 0 Å². The van der Waals surface area contributed by atoms with Crippen molar-refractivity contribution in [3.63, 3.8) is 0 Å². The van der Waals surface area contributed by atoms with Crippen molar-refractivity contribution in [3.05, 3.63) is 35.9 Å². The molecule has 22 heavy (non-hydrogen) atoms. The Bertz CT molecular complexity index is 493. The number of carbonyl (C=O) groups excluding carboxylic acids is 1. The van der Waals surface area contributed by atoms with E-state index in [4.69, 9.17) is 4.74 Å². The van der Waals surface area contributed by atoms with Crippen molar-refractivity contribution in [1.29, 1.82) is 0 Å². The summed E-state index contributed by atoms with van der Waals surface area (Å²) in [7, 11) is 1.87. The molecule has 0 bridgehead atoms. The first-order valence-corrected chi connectivity index (χ1v) is 8.40. The van der Waals surface area contributed by atoms with Crippen LogP contribution in [0.5, 0.6) is 0 Å². The summed E-state index contributed by atoms with van der Waals surface area (Å²) in [5.41, 5.74) is 1.08. The largest absolute Gasteiger partial charge is 0.378 e. The summed E-state index contributed by atoms with van der Waals surface area (Å²) in [5, 5.41) is 3.22. The van der Waals surface area contributed by atoms with Crippen molar-refractivity contribution in [2.24, 2.45) is 0 Å². The average Bonchev–Trinajstić information content (AvgIpc) is 3.35. The van der Waals surface area contributed by atoms with Crippen LogP contribution in [0.1, 0.15) is 44.1 Å². The smallest absolute Gasteiger partial charge is 0.317 e. The van der Waals surface area contributed by atoms with Gasteiger partial charge in [0.1, 0.15) is 0 Å². The van der Waals surface area contributed by atoms with Crippen LogP contribution in [0, 0.1) is 0 Å². The molecule has 0 unspecified atom stereocenters. The summed E-state index contributed by atoms with van der Waals surface area (Å²) < 4.78 is 5.73. The van der Waals surface area contributed by atoms with Gasteiger partial charge in [0.05, 0.1) is 11.6 Å². The van der Waals surface area contributed by atoms with Crippen molar-refractivity contribution >= 4 is 6.03 Å². The molecule has 2 fully saturated rings. The Balaban J connectivity index is 1.49. The van der Waals surface area contributed by atoms with Gasteiger partial charge in [0.25, 0.3) is 0 Å². The van der Waals surface area contributed by atoms with Gasteiger partial charge < -0.3 is 15.0 Å². The topological polar surface area (TPSA) is 41.6 Å². The Morgan fingerprint density at radius 3 is 2.73 bits per heavy atom. The maximum Gasteiger partial charge on any atom is 0.317 e.